The molecule has 0 radical (unpaired) electrons. The summed E-state index contributed by atoms with van der Waals surface area (Å²) in [5.74, 6) is -0.116. The molecule has 0 saturated heterocycles. The molecule has 6 heteroatoms. The molecule has 1 amide bonds. The van der Waals surface area contributed by atoms with Gasteiger partial charge < -0.3 is 19.9 Å². The van der Waals surface area contributed by atoms with Crippen molar-refractivity contribution in [1.29, 1.82) is 0 Å². The highest BCUT2D eigenvalue weighted by atomic mass is 16.5. The summed E-state index contributed by atoms with van der Waals surface area (Å²) < 4.78 is 10.6. The van der Waals surface area contributed by atoms with Crippen molar-refractivity contribution in [2.75, 3.05) is 14.2 Å². The number of carboxylic acids is 1. The van der Waals surface area contributed by atoms with Crippen LogP contribution in [-0.2, 0) is 15.0 Å². The fourth-order valence-electron chi connectivity index (χ4n) is 3.16. The van der Waals surface area contributed by atoms with Gasteiger partial charge in [0, 0.05) is 0 Å². The topological polar surface area (TPSA) is 84.9 Å². The number of hydrogen-bond donors (Lipinski definition) is 2. The Morgan fingerprint density at radius 1 is 1.17 bits per heavy atom. The van der Waals surface area contributed by atoms with Gasteiger partial charge in [0.05, 0.1) is 19.6 Å². The van der Waals surface area contributed by atoms with Crippen molar-refractivity contribution >= 4 is 11.9 Å². The van der Waals surface area contributed by atoms with Gasteiger partial charge >= 0.3 is 5.97 Å². The summed E-state index contributed by atoms with van der Waals surface area (Å²) in [4.78, 5) is 23.8. The molecule has 0 aromatic heterocycles. The molecular formula is C17H23NO5. The number of amides is 1. The molecule has 0 spiro atoms. The molecule has 0 aliphatic heterocycles. The maximum atomic E-state index is 12.8. The molecule has 0 unspecified atom stereocenters. The van der Waals surface area contributed by atoms with Gasteiger partial charge in [-0.25, -0.2) is 0 Å². The Bertz CT molecular complexity index is 593. The molecule has 1 aliphatic carbocycles. The highest BCUT2D eigenvalue weighted by molar-refractivity contribution is 5.91. The van der Waals surface area contributed by atoms with Crippen LogP contribution >= 0.6 is 0 Å². The Labute approximate surface area is 135 Å². The van der Waals surface area contributed by atoms with Gasteiger partial charge in [0.2, 0.25) is 5.91 Å². The fourth-order valence-corrected chi connectivity index (χ4v) is 3.16. The number of carbonyl (C=O) groups is 2. The quantitative estimate of drug-likeness (QED) is 0.838. The van der Waals surface area contributed by atoms with Crippen molar-refractivity contribution in [2.24, 2.45) is 0 Å². The first-order valence-electron chi connectivity index (χ1n) is 7.71. The number of rotatable bonds is 6. The summed E-state index contributed by atoms with van der Waals surface area (Å²) in [6.07, 6.45) is 3.26. The summed E-state index contributed by atoms with van der Waals surface area (Å²) in [7, 11) is 3.11. The zero-order chi connectivity index (χ0) is 17.0. The van der Waals surface area contributed by atoms with Crippen LogP contribution in [-0.4, -0.2) is 37.2 Å². The summed E-state index contributed by atoms with van der Waals surface area (Å²) in [6.45, 7) is 1.47. The maximum absolute atomic E-state index is 12.8. The van der Waals surface area contributed by atoms with Crippen molar-refractivity contribution < 1.29 is 24.2 Å². The normalized spacial score (nSPS) is 17.3. The van der Waals surface area contributed by atoms with Crippen molar-refractivity contribution in [3.63, 3.8) is 0 Å². The standard InChI is InChI=1S/C17H23NO5/c1-11(15(19)20)18-16(21)17(8-4-5-9-17)12-6-7-13(22-2)14(10-12)23-3/h6-7,10-11H,4-5,8-9H2,1-3H3,(H,18,21)(H,19,20)/t11-/m0/s1. The van der Waals surface area contributed by atoms with Crippen molar-refractivity contribution in [3.05, 3.63) is 23.8 Å². The van der Waals surface area contributed by atoms with Crippen LogP contribution < -0.4 is 14.8 Å². The van der Waals surface area contributed by atoms with E-state index in [-0.39, 0.29) is 5.91 Å². The minimum absolute atomic E-state index is 0.239. The zero-order valence-electron chi connectivity index (χ0n) is 13.7. The van der Waals surface area contributed by atoms with Crippen molar-refractivity contribution in [1.82, 2.24) is 5.32 Å². The summed E-state index contributed by atoms with van der Waals surface area (Å²) >= 11 is 0. The van der Waals surface area contributed by atoms with E-state index in [0.29, 0.717) is 24.3 Å². The number of carbonyl (C=O) groups excluding carboxylic acids is 1. The summed E-state index contributed by atoms with van der Waals surface area (Å²) in [6, 6.07) is 4.54. The second kappa shape index (κ2) is 6.89. The van der Waals surface area contributed by atoms with E-state index in [2.05, 4.69) is 5.32 Å². The number of hydrogen-bond acceptors (Lipinski definition) is 4. The first-order valence-corrected chi connectivity index (χ1v) is 7.71. The van der Waals surface area contributed by atoms with Gasteiger partial charge in [-0.2, -0.15) is 0 Å². The van der Waals surface area contributed by atoms with Gasteiger partial charge in [0.1, 0.15) is 6.04 Å². The zero-order valence-corrected chi connectivity index (χ0v) is 13.7. The van der Waals surface area contributed by atoms with Crippen LogP contribution in [0, 0.1) is 0 Å². The Kier molecular flexibility index (Phi) is 5.13. The lowest BCUT2D eigenvalue weighted by atomic mass is 9.77. The number of methoxy groups -OCH3 is 2. The van der Waals surface area contributed by atoms with Gasteiger partial charge in [-0.05, 0) is 37.5 Å². The van der Waals surface area contributed by atoms with Crippen LogP contribution in [0.1, 0.15) is 38.2 Å². The Morgan fingerprint density at radius 2 is 1.78 bits per heavy atom. The Morgan fingerprint density at radius 3 is 2.30 bits per heavy atom. The van der Waals surface area contributed by atoms with E-state index in [4.69, 9.17) is 14.6 Å². The smallest absolute Gasteiger partial charge is 0.325 e. The molecule has 1 saturated carbocycles. The molecule has 23 heavy (non-hydrogen) atoms. The van der Waals surface area contributed by atoms with Crippen LogP contribution in [0.3, 0.4) is 0 Å². The number of benzene rings is 1. The van der Waals surface area contributed by atoms with E-state index in [1.165, 1.54) is 6.92 Å². The molecule has 1 aromatic rings. The summed E-state index contributed by atoms with van der Waals surface area (Å²) in [5.41, 5.74) is 0.131. The van der Waals surface area contributed by atoms with E-state index in [9.17, 15) is 9.59 Å². The lowest BCUT2D eigenvalue weighted by Gasteiger charge is -2.29. The summed E-state index contributed by atoms with van der Waals surface area (Å²) in [5, 5.41) is 11.6. The average molecular weight is 321 g/mol. The third-order valence-corrected chi connectivity index (χ3v) is 4.55. The molecule has 2 N–H and O–H groups in total. The Hall–Kier alpha value is -2.24. The SMILES string of the molecule is COc1ccc(C2(C(=O)N[C@@H](C)C(=O)O)CCCC2)cc1OC. The lowest BCUT2D eigenvalue weighted by molar-refractivity contribution is -0.142. The van der Waals surface area contributed by atoms with Crippen LogP contribution in [0.25, 0.3) is 0 Å². The van der Waals surface area contributed by atoms with E-state index < -0.39 is 17.4 Å². The monoisotopic (exact) mass is 321 g/mol. The fraction of sp³-hybridized carbons (Fsp3) is 0.529. The highest BCUT2D eigenvalue weighted by Crippen LogP contribution is 2.44. The number of ether oxygens (including phenoxy) is 2. The maximum Gasteiger partial charge on any atom is 0.325 e. The largest absolute Gasteiger partial charge is 0.493 e. The first kappa shape index (κ1) is 17.1. The van der Waals surface area contributed by atoms with Crippen LogP contribution in [0.5, 0.6) is 11.5 Å². The molecule has 1 aliphatic rings. The molecule has 0 bridgehead atoms. The van der Waals surface area contributed by atoms with E-state index >= 15 is 0 Å². The third kappa shape index (κ3) is 3.25. The Balaban J connectivity index is 2.37. The minimum atomic E-state index is -1.04. The van der Waals surface area contributed by atoms with Crippen molar-refractivity contribution in [3.8, 4) is 11.5 Å². The van der Waals surface area contributed by atoms with Gasteiger partial charge in [-0.3, -0.25) is 9.59 Å². The van der Waals surface area contributed by atoms with Gasteiger partial charge in [-0.15, -0.1) is 0 Å². The average Bonchev–Trinajstić information content (AvgIpc) is 3.04. The van der Waals surface area contributed by atoms with Crippen LogP contribution in [0.2, 0.25) is 0 Å². The van der Waals surface area contributed by atoms with E-state index in [0.717, 1.165) is 18.4 Å². The predicted octanol–water partition coefficient (Wildman–Crippen LogP) is 2.10. The van der Waals surface area contributed by atoms with Crippen LogP contribution in [0.4, 0.5) is 0 Å². The second-order valence-electron chi connectivity index (χ2n) is 5.89. The third-order valence-electron chi connectivity index (χ3n) is 4.55. The first-order chi connectivity index (χ1) is 10.9. The molecule has 2 rings (SSSR count). The van der Waals surface area contributed by atoms with E-state index in [1.807, 2.05) is 12.1 Å². The number of nitrogens with one attached hydrogen (secondary N) is 1. The molecule has 0 heterocycles. The van der Waals surface area contributed by atoms with Gasteiger partial charge in [0.15, 0.2) is 11.5 Å². The second-order valence-corrected chi connectivity index (χ2v) is 5.89. The highest BCUT2D eigenvalue weighted by Gasteiger charge is 2.43. The van der Waals surface area contributed by atoms with Gasteiger partial charge in [0.25, 0.3) is 0 Å². The minimum Gasteiger partial charge on any atom is -0.493 e. The number of aliphatic carboxylic acids is 1. The van der Waals surface area contributed by atoms with Crippen LogP contribution in [0.15, 0.2) is 18.2 Å². The van der Waals surface area contributed by atoms with E-state index in [1.54, 1.807) is 20.3 Å². The molecule has 1 atom stereocenters. The molecule has 1 fully saturated rings. The lowest BCUT2D eigenvalue weighted by Crippen LogP contribution is -2.48. The molecule has 1 aromatic carbocycles. The molecule has 6 nitrogen and oxygen atoms in total. The predicted molar refractivity (Wildman–Crippen MR) is 84.9 cm³/mol. The van der Waals surface area contributed by atoms with Crippen molar-refractivity contribution in [2.45, 2.75) is 44.1 Å². The molecular weight excluding hydrogens is 298 g/mol. The molecule has 126 valence electrons. The van der Waals surface area contributed by atoms with Gasteiger partial charge in [-0.1, -0.05) is 18.9 Å². The number of carboxylic acid groups (broad SMARTS) is 1.